The molecule has 1 saturated heterocycles. The summed E-state index contributed by atoms with van der Waals surface area (Å²) in [5, 5.41) is 4.41. The van der Waals surface area contributed by atoms with Gasteiger partial charge in [-0.25, -0.2) is 4.39 Å². The molecule has 1 aliphatic carbocycles. The summed E-state index contributed by atoms with van der Waals surface area (Å²) in [6.45, 7) is 8.29. The van der Waals surface area contributed by atoms with Gasteiger partial charge in [0.1, 0.15) is 11.5 Å². The molecule has 6 nitrogen and oxygen atoms in total. The number of rotatable bonds is 7. The molecule has 32 heavy (non-hydrogen) atoms. The zero-order valence-electron chi connectivity index (χ0n) is 19.5. The van der Waals surface area contributed by atoms with Gasteiger partial charge in [-0.05, 0) is 57.5 Å². The summed E-state index contributed by atoms with van der Waals surface area (Å²) in [5.74, 6) is 0.818. The van der Waals surface area contributed by atoms with E-state index in [1.54, 1.807) is 12.1 Å². The van der Waals surface area contributed by atoms with Crippen LogP contribution in [0.25, 0.3) is 11.3 Å². The Morgan fingerprint density at radius 1 is 1.19 bits per heavy atom. The summed E-state index contributed by atoms with van der Waals surface area (Å²) in [6.07, 6.45) is 5.10. The first-order valence-electron chi connectivity index (χ1n) is 12.0. The SMILES string of the molecule is CC[C@H](C)N(Cc1c(-c2ccc(F)cc2)noc1N1CCN(C)CC1)C(=O)C1CCCC1. The number of carbonyl (C=O) groups is 1. The van der Waals surface area contributed by atoms with Gasteiger partial charge in [-0.1, -0.05) is 24.9 Å². The van der Waals surface area contributed by atoms with E-state index in [-0.39, 0.29) is 23.7 Å². The Bertz CT molecular complexity index is 899. The number of aromatic nitrogens is 1. The predicted molar refractivity (Wildman–Crippen MR) is 124 cm³/mol. The summed E-state index contributed by atoms with van der Waals surface area (Å²) < 4.78 is 19.5. The molecular weight excluding hydrogens is 407 g/mol. The molecule has 2 heterocycles. The minimum atomic E-state index is -0.282. The summed E-state index contributed by atoms with van der Waals surface area (Å²) >= 11 is 0. The van der Waals surface area contributed by atoms with Crippen molar-refractivity contribution < 1.29 is 13.7 Å². The van der Waals surface area contributed by atoms with E-state index in [0.29, 0.717) is 12.2 Å². The van der Waals surface area contributed by atoms with E-state index in [2.05, 4.69) is 35.9 Å². The average molecular weight is 443 g/mol. The van der Waals surface area contributed by atoms with Crippen molar-refractivity contribution in [2.24, 2.45) is 5.92 Å². The molecule has 1 atom stereocenters. The van der Waals surface area contributed by atoms with E-state index in [1.165, 1.54) is 12.1 Å². The van der Waals surface area contributed by atoms with Crippen LogP contribution in [-0.4, -0.2) is 60.1 Å². The quantitative estimate of drug-likeness (QED) is 0.630. The zero-order valence-corrected chi connectivity index (χ0v) is 19.5. The third-order valence-corrected chi connectivity index (χ3v) is 7.11. The summed E-state index contributed by atoms with van der Waals surface area (Å²) in [7, 11) is 2.12. The van der Waals surface area contributed by atoms with Gasteiger partial charge in [-0.15, -0.1) is 0 Å². The van der Waals surface area contributed by atoms with Crippen molar-refractivity contribution in [2.45, 2.75) is 58.5 Å². The lowest BCUT2D eigenvalue weighted by Crippen LogP contribution is -2.45. The molecule has 7 heteroatoms. The van der Waals surface area contributed by atoms with E-state index >= 15 is 0 Å². The Labute approximate surface area is 190 Å². The molecule has 2 aliphatic rings. The molecule has 2 fully saturated rings. The Balaban J connectivity index is 1.70. The lowest BCUT2D eigenvalue weighted by atomic mass is 10.0. The minimum Gasteiger partial charge on any atom is -0.338 e. The van der Waals surface area contributed by atoms with Crippen molar-refractivity contribution in [1.29, 1.82) is 0 Å². The molecule has 1 aromatic heterocycles. The number of piperazine rings is 1. The second-order valence-electron chi connectivity index (χ2n) is 9.32. The number of hydrogen-bond donors (Lipinski definition) is 0. The minimum absolute atomic E-state index is 0.116. The molecule has 4 rings (SSSR count). The smallest absolute Gasteiger partial charge is 0.232 e. The molecule has 1 amide bonds. The van der Waals surface area contributed by atoms with Gasteiger partial charge in [0.2, 0.25) is 11.8 Å². The van der Waals surface area contributed by atoms with E-state index in [1.807, 2.05) is 4.90 Å². The summed E-state index contributed by atoms with van der Waals surface area (Å²) in [6, 6.07) is 6.48. The van der Waals surface area contributed by atoms with Crippen LogP contribution in [0.15, 0.2) is 28.8 Å². The third kappa shape index (κ3) is 4.82. The number of halogens is 1. The normalized spacial score (nSPS) is 18.8. The van der Waals surface area contributed by atoms with E-state index in [9.17, 15) is 9.18 Å². The van der Waals surface area contributed by atoms with Crippen LogP contribution in [-0.2, 0) is 11.3 Å². The standard InChI is InChI=1S/C25H35FN4O2/c1-4-18(2)30(24(31)20-7-5-6-8-20)17-22-23(19-9-11-21(26)12-10-19)27-32-25(22)29-15-13-28(3)14-16-29/h9-12,18,20H,4-8,13-17H2,1-3H3/t18-/m0/s1. The van der Waals surface area contributed by atoms with E-state index < -0.39 is 0 Å². The lowest BCUT2D eigenvalue weighted by molar-refractivity contribution is -0.138. The average Bonchev–Trinajstić information content (AvgIpc) is 3.48. The predicted octanol–water partition coefficient (Wildman–Crippen LogP) is 4.55. The van der Waals surface area contributed by atoms with Gasteiger partial charge in [0.15, 0.2) is 0 Å². The van der Waals surface area contributed by atoms with Crippen LogP contribution in [0.2, 0.25) is 0 Å². The monoisotopic (exact) mass is 442 g/mol. The van der Waals surface area contributed by atoms with Gasteiger partial charge >= 0.3 is 0 Å². The maximum atomic E-state index is 13.6. The summed E-state index contributed by atoms with van der Waals surface area (Å²) in [4.78, 5) is 20.0. The first-order valence-corrected chi connectivity index (χ1v) is 12.0. The Morgan fingerprint density at radius 2 is 1.84 bits per heavy atom. The topological polar surface area (TPSA) is 52.8 Å². The Hall–Kier alpha value is -2.41. The molecule has 0 N–H and O–H groups in total. The molecule has 1 saturated carbocycles. The van der Waals surface area contributed by atoms with E-state index in [4.69, 9.17) is 4.52 Å². The van der Waals surface area contributed by atoms with Crippen LogP contribution >= 0.6 is 0 Å². The van der Waals surface area contributed by atoms with Crippen LogP contribution in [0.3, 0.4) is 0 Å². The number of likely N-dealkylation sites (N-methyl/N-ethyl adjacent to an activating group) is 1. The first kappa shape index (κ1) is 22.8. The maximum absolute atomic E-state index is 13.6. The first-order chi connectivity index (χ1) is 15.5. The van der Waals surface area contributed by atoms with Gasteiger partial charge in [-0.2, -0.15) is 0 Å². The molecule has 0 unspecified atom stereocenters. The van der Waals surface area contributed by atoms with Gasteiger partial charge in [0.25, 0.3) is 0 Å². The van der Waals surface area contributed by atoms with Crippen molar-refractivity contribution >= 4 is 11.8 Å². The highest BCUT2D eigenvalue weighted by Crippen LogP contribution is 2.35. The molecule has 0 bridgehead atoms. The van der Waals surface area contributed by atoms with Crippen molar-refractivity contribution in [1.82, 2.24) is 15.0 Å². The van der Waals surface area contributed by atoms with Crippen LogP contribution in [0, 0.1) is 11.7 Å². The molecule has 1 aromatic carbocycles. The largest absolute Gasteiger partial charge is 0.338 e. The van der Waals surface area contributed by atoms with Gasteiger partial charge in [0.05, 0.1) is 12.1 Å². The molecule has 0 radical (unpaired) electrons. The summed E-state index contributed by atoms with van der Waals surface area (Å²) in [5.41, 5.74) is 2.43. The number of amides is 1. The number of benzene rings is 1. The fourth-order valence-electron chi connectivity index (χ4n) is 4.78. The lowest BCUT2D eigenvalue weighted by Gasteiger charge is -2.34. The highest BCUT2D eigenvalue weighted by molar-refractivity contribution is 5.80. The van der Waals surface area contributed by atoms with Crippen LogP contribution in [0.5, 0.6) is 0 Å². The molecule has 2 aromatic rings. The van der Waals surface area contributed by atoms with Crippen molar-refractivity contribution in [3.63, 3.8) is 0 Å². The van der Waals surface area contributed by atoms with Crippen molar-refractivity contribution in [3.05, 3.63) is 35.6 Å². The second-order valence-corrected chi connectivity index (χ2v) is 9.32. The Kier molecular flexibility index (Phi) is 7.13. The number of nitrogens with zero attached hydrogens (tertiary/aromatic N) is 4. The number of carbonyl (C=O) groups excluding carboxylic acids is 1. The van der Waals surface area contributed by atoms with Gasteiger partial charge in [0, 0.05) is 43.7 Å². The van der Waals surface area contributed by atoms with Crippen LogP contribution in [0.4, 0.5) is 10.3 Å². The van der Waals surface area contributed by atoms with Gasteiger partial charge < -0.3 is 19.2 Å². The van der Waals surface area contributed by atoms with Crippen LogP contribution < -0.4 is 4.90 Å². The van der Waals surface area contributed by atoms with Crippen LogP contribution in [0.1, 0.15) is 51.5 Å². The molecule has 174 valence electrons. The Morgan fingerprint density at radius 3 is 2.47 bits per heavy atom. The van der Waals surface area contributed by atoms with E-state index in [0.717, 1.165) is 75.3 Å². The molecule has 1 aliphatic heterocycles. The fourth-order valence-corrected chi connectivity index (χ4v) is 4.78. The van der Waals surface area contributed by atoms with Crippen molar-refractivity contribution in [2.75, 3.05) is 38.1 Å². The number of hydrogen-bond acceptors (Lipinski definition) is 5. The maximum Gasteiger partial charge on any atom is 0.232 e. The third-order valence-electron chi connectivity index (χ3n) is 7.11. The molecular formula is C25H35FN4O2. The van der Waals surface area contributed by atoms with Gasteiger partial charge in [-0.3, -0.25) is 4.79 Å². The second kappa shape index (κ2) is 10.0. The fraction of sp³-hybridized carbons (Fsp3) is 0.600. The molecule has 0 spiro atoms. The number of anilines is 1. The zero-order chi connectivity index (χ0) is 22.7. The highest BCUT2D eigenvalue weighted by Gasteiger charge is 2.33. The highest BCUT2D eigenvalue weighted by atomic mass is 19.1. The van der Waals surface area contributed by atoms with Crippen molar-refractivity contribution in [3.8, 4) is 11.3 Å².